The molecule has 0 aliphatic rings. The minimum Gasteiger partial charge on any atom is -0.439 e. The number of hydrogen-bond acceptors (Lipinski definition) is 6. The van der Waals surface area contributed by atoms with Gasteiger partial charge >= 0.3 is 0 Å². The predicted molar refractivity (Wildman–Crippen MR) is 112 cm³/mol. The van der Waals surface area contributed by atoms with Crippen molar-refractivity contribution in [2.24, 2.45) is 0 Å². The van der Waals surface area contributed by atoms with Crippen molar-refractivity contribution in [3.8, 4) is 17.4 Å². The number of aromatic nitrogens is 4. The lowest BCUT2D eigenvalue weighted by Crippen LogP contribution is -2.14. The van der Waals surface area contributed by atoms with Crippen LogP contribution in [-0.2, 0) is 10.0 Å². The zero-order valence-electron chi connectivity index (χ0n) is 17.0. The van der Waals surface area contributed by atoms with Crippen LogP contribution < -0.4 is 9.46 Å². The Labute approximate surface area is 182 Å². The lowest BCUT2D eigenvalue weighted by molar-refractivity contribution is 0.460. The molecule has 0 fully saturated rings. The number of nitrogens with one attached hydrogen (secondary N) is 1. The quantitative estimate of drug-likeness (QED) is 0.467. The predicted octanol–water partition coefficient (Wildman–Crippen LogP) is 4.15. The minimum absolute atomic E-state index is 0.173. The average Bonchev–Trinajstić information content (AvgIpc) is 3.07. The molecule has 0 amide bonds. The van der Waals surface area contributed by atoms with Gasteiger partial charge in [0.25, 0.3) is 10.0 Å². The van der Waals surface area contributed by atoms with E-state index in [-0.39, 0.29) is 11.6 Å². The van der Waals surface area contributed by atoms with Crippen molar-refractivity contribution >= 4 is 15.7 Å². The van der Waals surface area contributed by atoms with Crippen LogP contribution >= 0.6 is 0 Å². The molecular weight excluding hydrogens is 440 g/mol. The summed E-state index contributed by atoms with van der Waals surface area (Å²) >= 11 is 0. The van der Waals surface area contributed by atoms with Crippen LogP contribution in [0.3, 0.4) is 0 Å². The van der Waals surface area contributed by atoms with Crippen LogP contribution in [0.1, 0.15) is 11.4 Å². The molecule has 0 atom stereocenters. The van der Waals surface area contributed by atoms with Crippen LogP contribution in [0.4, 0.5) is 14.5 Å². The van der Waals surface area contributed by atoms with Gasteiger partial charge in [-0.25, -0.2) is 31.8 Å². The zero-order chi connectivity index (χ0) is 22.9. The second-order valence-corrected chi connectivity index (χ2v) is 8.51. The molecule has 11 heteroatoms. The van der Waals surface area contributed by atoms with Gasteiger partial charge in [0.1, 0.15) is 28.6 Å². The van der Waals surface area contributed by atoms with Crippen LogP contribution in [0, 0.1) is 25.5 Å². The van der Waals surface area contributed by atoms with Crippen LogP contribution in [0.2, 0.25) is 0 Å². The third-order valence-corrected chi connectivity index (χ3v) is 5.78. The summed E-state index contributed by atoms with van der Waals surface area (Å²) in [7, 11) is -4.23. The molecule has 2 aromatic heterocycles. The van der Waals surface area contributed by atoms with Gasteiger partial charge < -0.3 is 4.74 Å². The SMILES string of the molecule is Cc1cc(C)n(-c2cc(Oc3ccc(NS(=O)(=O)c4ccc(F)cc4F)cc3)ncn2)n1. The highest BCUT2D eigenvalue weighted by atomic mass is 32.2. The number of nitrogens with zero attached hydrogens (tertiary/aromatic N) is 4. The average molecular weight is 457 g/mol. The molecule has 0 aliphatic carbocycles. The highest BCUT2D eigenvalue weighted by Crippen LogP contribution is 2.25. The summed E-state index contributed by atoms with van der Waals surface area (Å²) in [5, 5.41) is 4.37. The van der Waals surface area contributed by atoms with Crippen molar-refractivity contribution in [3.63, 3.8) is 0 Å². The van der Waals surface area contributed by atoms with Crippen molar-refractivity contribution in [3.05, 3.63) is 83.9 Å². The summed E-state index contributed by atoms with van der Waals surface area (Å²) < 4.78 is 61.3. The van der Waals surface area contributed by atoms with E-state index in [4.69, 9.17) is 4.74 Å². The van der Waals surface area contributed by atoms with E-state index < -0.39 is 26.6 Å². The smallest absolute Gasteiger partial charge is 0.264 e. The number of benzene rings is 2. The van der Waals surface area contributed by atoms with Crippen LogP contribution in [0.25, 0.3) is 5.82 Å². The summed E-state index contributed by atoms with van der Waals surface area (Å²) in [6.45, 7) is 3.78. The molecule has 8 nitrogen and oxygen atoms in total. The van der Waals surface area contributed by atoms with Gasteiger partial charge in [-0.1, -0.05) is 0 Å². The molecule has 0 bridgehead atoms. The Morgan fingerprint density at radius 3 is 2.38 bits per heavy atom. The van der Waals surface area contributed by atoms with E-state index in [1.165, 1.54) is 30.6 Å². The zero-order valence-corrected chi connectivity index (χ0v) is 17.8. The fraction of sp³-hybridized carbons (Fsp3) is 0.0952. The van der Waals surface area contributed by atoms with Crippen molar-refractivity contribution in [1.29, 1.82) is 0 Å². The van der Waals surface area contributed by atoms with Gasteiger partial charge in [0.05, 0.1) is 5.69 Å². The second kappa shape index (κ2) is 8.35. The molecule has 0 unspecified atom stereocenters. The normalized spacial score (nSPS) is 11.4. The number of anilines is 1. The first-order valence-corrected chi connectivity index (χ1v) is 10.8. The Hall–Kier alpha value is -3.86. The summed E-state index contributed by atoms with van der Waals surface area (Å²) in [6.07, 6.45) is 1.35. The molecule has 1 N–H and O–H groups in total. The van der Waals surface area contributed by atoms with Gasteiger partial charge in [-0.3, -0.25) is 4.72 Å². The molecule has 0 saturated heterocycles. The first kappa shape index (κ1) is 21.4. The van der Waals surface area contributed by atoms with E-state index in [1.807, 2.05) is 19.9 Å². The van der Waals surface area contributed by atoms with E-state index in [0.29, 0.717) is 17.6 Å². The van der Waals surface area contributed by atoms with E-state index >= 15 is 0 Å². The number of aryl methyl sites for hydroxylation is 2. The lowest BCUT2D eigenvalue weighted by atomic mass is 10.3. The topological polar surface area (TPSA) is 99.0 Å². The molecule has 0 saturated carbocycles. The van der Waals surface area contributed by atoms with Gasteiger partial charge in [0, 0.05) is 23.5 Å². The standard InChI is InChI=1S/C21H17F2N5O3S/c1-13-9-14(2)28(26-13)20-11-21(25-12-24-20)31-17-6-4-16(5-7-17)27-32(29,30)19-8-3-15(22)10-18(19)23/h3-12,27H,1-2H3. The first-order chi connectivity index (χ1) is 15.2. The molecule has 32 heavy (non-hydrogen) atoms. The minimum atomic E-state index is -4.23. The molecule has 0 aliphatic heterocycles. The van der Waals surface area contributed by atoms with Gasteiger partial charge in [-0.2, -0.15) is 5.10 Å². The number of ether oxygens (including phenoxy) is 1. The Kier molecular flexibility index (Phi) is 5.57. The molecule has 4 aromatic rings. The fourth-order valence-electron chi connectivity index (χ4n) is 2.98. The maximum Gasteiger partial charge on any atom is 0.264 e. The third-order valence-electron chi connectivity index (χ3n) is 4.37. The Morgan fingerprint density at radius 2 is 1.72 bits per heavy atom. The summed E-state index contributed by atoms with van der Waals surface area (Å²) in [5.41, 5.74) is 1.93. The first-order valence-electron chi connectivity index (χ1n) is 9.33. The van der Waals surface area contributed by atoms with Gasteiger partial charge in [-0.15, -0.1) is 0 Å². The molecule has 164 valence electrons. The van der Waals surface area contributed by atoms with Crippen LogP contribution in [-0.4, -0.2) is 28.2 Å². The number of sulfonamides is 1. The third kappa shape index (κ3) is 4.57. The van der Waals surface area contributed by atoms with E-state index in [2.05, 4.69) is 19.8 Å². The van der Waals surface area contributed by atoms with Crippen molar-refractivity contribution in [2.45, 2.75) is 18.7 Å². The molecular formula is C21H17F2N5O3S. The summed E-state index contributed by atoms with van der Waals surface area (Å²) in [6, 6.07) is 11.7. The Balaban J connectivity index is 1.50. The Bertz CT molecular complexity index is 1390. The number of hydrogen-bond donors (Lipinski definition) is 1. The maximum absolute atomic E-state index is 13.8. The molecule has 2 heterocycles. The fourth-order valence-corrected chi connectivity index (χ4v) is 4.10. The van der Waals surface area contributed by atoms with E-state index in [9.17, 15) is 17.2 Å². The Morgan fingerprint density at radius 1 is 0.969 bits per heavy atom. The summed E-state index contributed by atoms with van der Waals surface area (Å²) in [5.74, 6) is -0.859. The maximum atomic E-state index is 13.8. The summed E-state index contributed by atoms with van der Waals surface area (Å²) in [4.78, 5) is 7.62. The number of rotatable bonds is 6. The van der Waals surface area contributed by atoms with Crippen molar-refractivity contribution in [1.82, 2.24) is 19.7 Å². The molecule has 4 rings (SSSR count). The molecule has 0 spiro atoms. The van der Waals surface area contributed by atoms with Crippen LogP contribution in [0.15, 0.2) is 65.8 Å². The largest absolute Gasteiger partial charge is 0.439 e. The second-order valence-electron chi connectivity index (χ2n) is 6.86. The number of halogens is 2. The monoisotopic (exact) mass is 457 g/mol. The van der Waals surface area contributed by atoms with Gasteiger partial charge in [0.2, 0.25) is 5.88 Å². The highest BCUT2D eigenvalue weighted by molar-refractivity contribution is 7.92. The van der Waals surface area contributed by atoms with E-state index in [0.717, 1.165) is 23.5 Å². The molecule has 0 radical (unpaired) electrons. The van der Waals surface area contributed by atoms with Gasteiger partial charge in [0.15, 0.2) is 5.82 Å². The van der Waals surface area contributed by atoms with Crippen molar-refractivity contribution in [2.75, 3.05) is 4.72 Å². The van der Waals surface area contributed by atoms with Crippen LogP contribution in [0.5, 0.6) is 11.6 Å². The lowest BCUT2D eigenvalue weighted by Gasteiger charge is -2.10. The van der Waals surface area contributed by atoms with E-state index in [1.54, 1.807) is 10.7 Å². The van der Waals surface area contributed by atoms with Gasteiger partial charge in [-0.05, 0) is 56.3 Å². The molecule has 2 aromatic carbocycles. The highest BCUT2D eigenvalue weighted by Gasteiger charge is 2.19. The van der Waals surface area contributed by atoms with Crippen molar-refractivity contribution < 1.29 is 21.9 Å².